The van der Waals surface area contributed by atoms with Crippen molar-refractivity contribution >= 4 is 29.0 Å². The highest BCUT2D eigenvalue weighted by atomic mass is 16.2. The Morgan fingerprint density at radius 2 is 2.07 bits per heavy atom. The number of hydrogen-bond donors (Lipinski definition) is 3. The lowest BCUT2D eigenvalue weighted by Gasteiger charge is -2.15. The SMILES string of the molecule is [2H]C([2H])([2H])NC(=O)c1nnc(NC(=O)C2CC2)cc1Nc1cccc(-c2ncnn2C)c1C. The molecule has 30 heavy (non-hydrogen) atoms. The molecule has 4 rings (SSSR count). The fraction of sp³-hybridized carbons (Fsp3) is 0.300. The van der Waals surface area contributed by atoms with E-state index in [1.165, 1.54) is 12.4 Å². The lowest BCUT2D eigenvalue weighted by molar-refractivity contribution is -0.117. The maximum atomic E-state index is 12.6. The highest BCUT2D eigenvalue weighted by Gasteiger charge is 2.30. The van der Waals surface area contributed by atoms with Gasteiger partial charge in [-0.2, -0.15) is 5.10 Å². The van der Waals surface area contributed by atoms with Crippen molar-refractivity contribution in [2.45, 2.75) is 19.8 Å². The molecule has 154 valence electrons. The van der Waals surface area contributed by atoms with Gasteiger partial charge in [0.1, 0.15) is 6.33 Å². The molecule has 1 saturated carbocycles. The van der Waals surface area contributed by atoms with Crippen LogP contribution in [0.3, 0.4) is 0 Å². The third-order valence-corrected chi connectivity index (χ3v) is 4.88. The van der Waals surface area contributed by atoms with Gasteiger partial charge >= 0.3 is 0 Å². The molecule has 2 heterocycles. The van der Waals surface area contributed by atoms with Gasteiger partial charge in [0.05, 0.1) is 5.69 Å². The van der Waals surface area contributed by atoms with Gasteiger partial charge in [0, 0.05) is 41.4 Å². The zero-order valence-electron chi connectivity index (χ0n) is 19.4. The molecule has 0 radical (unpaired) electrons. The molecule has 1 aliphatic rings. The summed E-state index contributed by atoms with van der Waals surface area (Å²) in [5, 5.41) is 19.6. The van der Waals surface area contributed by atoms with Crippen molar-refractivity contribution in [1.82, 2.24) is 30.3 Å². The summed E-state index contributed by atoms with van der Waals surface area (Å²) in [6, 6.07) is 6.95. The van der Waals surface area contributed by atoms with E-state index in [0.29, 0.717) is 11.5 Å². The smallest absolute Gasteiger partial charge is 0.273 e. The Hall–Kier alpha value is -3.82. The van der Waals surface area contributed by atoms with E-state index in [-0.39, 0.29) is 29.0 Å². The number of aromatic nitrogens is 5. The molecular weight excluding hydrogens is 384 g/mol. The molecule has 2 aromatic heterocycles. The van der Waals surface area contributed by atoms with Crippen LogP contribution < -0.4 is 16.0 Å². The molecule has 0 spiro atoms. The van der Waals surface area contributed by atoms with Gasteiger partial charge < -0.3 is 16.0 Å². The second-order valence-electron chi connectivity index (χ2n) is 7.02. The van der Waals surface area contributed by atoms with E-state index >= 15 is 0 Å². The van der Waals surface area contributed by atoms with Crippen LogP contribution >= 0.6 is 0 Å². The summed E-state index contributed by atoms with van der Waals surface area (Å²) < 4.78 is 23.6. The fourth-order valence-corrected chi connectivity index (χ4v) is 3.05. The molecule has 2 amide bonds. The van der Waals surface area contributed by atoms with Crippen molar-refractivity contribution in [3.63, 3.8) is 0 Å². The molecule has 1 aliphatic carbocycles. The van der Waals surface area contributed by atoms with Gasteiger partial charge in [0.15, 0.2) is 17.3 Å². The predicted octanol–water partition coefficient (Wildman–Crippen LogP) is 2.03. The summed E-state index contributed by atoms with van der Waals surface area (Å²) in [7, 11) is 1.78. The van der Waals surface area contributed by atoms with Crippen molar-refractivity contribution in [3.8, 4) is 11.4 Å². The molecule has 1 fully saturated rings. The molecule has 0 unspecified atom stereocenters. The van der Waals surface area contributed by atoms with E-state index in [0.717, 1.165) is 24.0 Å². The fourth-order valence-electron chi connectivity index (χ4n) is 3.05. The third-order valence-electron chi connectivity index (χ3n) is 4.88. The number of amides is 2. The zero-order chi connectivity index (χ0) is 23.8. The number of carbonyl (C=O) groups excluding carboxylic acids is 2. The average Bonchev–Trinajstić information content (AvgIpc) is 3.50. The van der Waals surface area contributed by atoms with E-state index in [1.54, 1.807) is 17.8 Å². The number of nitrogens with one attached hydrogen (secondary N) is 3. The van der Waals surface area contributed by atoms with Gasteiger partial charge in [0.25, 0.3) is 5.91 Å². The topological polar surface area (TPSA) is 127 Å². The van der Waals surface area contributed by atoms with E-state index in [1.807, 2.05) is 24.4 Å². The Morgan fingerprint density at radius 3 is 2.77 bits per heavy atom. The minimum absolute atomic E-state index is 0.0490. The summed E-state index contributed by atoms with van der Waals surface area (Å²) in [5.74, 6) is -0.335. The number of nitrogens with zero attached hydrogens (tertiary/aromatic N) is 5. The number of anilines is 3. The van der Waals surface area contributed by atoms with E-state index in [2.05, 4.69) is 30.9 Å². The Kier molecular flexibility index (Phi) is 4.22. The largest absolute Gasteiger partial charge is 0.354 e. The Bertz CT molecular complexity index is 1220. The molecule has 10 heteroatoms. The van der Waals surface area contributed by atoms with Gasteiger partial charge in [-0.05, 0) is 31.4 Å². The predicted molar refractivity (Wildman–Crippen MR) is 111 cm³/mol. The summed E-state index contributed by atoms with van der Waals surface area (Å²) in [6.45, 7) is -0.825. The van der Waals surface area contributed by atoms with Crippen molar-refractivity contribution in [2.24, 2.45) is 13.0 Å². The lowest BCUT2D eigenvalue weighted by atomic mass is 10.1. The molecule has 0 bridgehead atoms. The quantitative estimate of drug-likeness (QED) is 0.568. The van der Waals surface area contributed by atoms with Crippen LogP contribution in [0.1, 0.15) is 33.0 Å². The second kappa shape index (κ2) is 7.90. The van der Waals surface area contributed by atoms with Crippen LogP contribution in [0, 0.1) is 12.8 Å². The van der Waals surface area contributed by atoms with E-state index < -0.39 is 12.9 Å². The highest BCUT2D eigenvalue weighted by Crippen LogP contribution is 2.32. The molecule has 0 saturated heterocycles. The normalized spacial score (nSPS) is 14.9. The maximum Gasteiger partial charge on any atom is 0.273 e. The zero-order valence-corrected chi connectivity index (χ0v) is 16.4. The number of benzene rings is 1. The van der Waals surface area contributed by atoms with Crippen LogP contribution in [-0.4, -0.2) is 43.8 Å². The van der Waals surface area contributed by atoms with Crippen molar-refractivity contribution in [3.05, 3.63) is 41.9 Å². The summed E-state index contributed by atoms with van der Waals surface area (Å²) in [5.41, 5.74) is 2.23. The van der Waals surface area contributed by atoms with Gasteiger partial charge in [-0.1, -0.05) is 12.1 Å². The second-order valence-corrected chi connectivity index (χ2v) is 7.02. The number of hydrogen-bond acceptors (Lipinski definition) is 7. The first-order valence-corrected chi connectivity index (χ1v) is 9.34. The Morgan fingerprint density at radius 1 is 1.23 bits per heavy atom. The average molecular weight is 409 g/mol. The molecular formula is C20H22N8O2. The van der Waals surface area contributed by atoms with Crippen LogP contribution in [0.4, 0.5) is 17.2 Å². The van der Waals surface area contributed by atoms with Crippen molar-refractivity contribution in [1.29, 1.82) is 0 Å². The number of carbonyl (C=O) groups is 2. The number of rotatable bonds is 6. The molecule has 10 nitrogen and oxygen atoms in total. The van der Waals surface area contributed by atoms with E-state index in [9.17, 15) is 9.59 Å². The number of aryl methyl sites for hydroxylation is 1. The summed E-state index contributed by atoms with van der Waals surface area (Å²) >= 11 is 0. The first-order valence-electron chi connectivity index (χ1n) is 10.8. The van der Waals surface area contributed by atoms with E-state index in [4.69, 9.17) is 4.11 Å². The first-order chi connectivity index (χ1) is 15.6. The third kappa shape index (κ3) is 3.84. The Labute approximate surface area is 177 Å². The van der Waals surface area contributed by atoms with Crippen molar-refractivity contribution in [2.75, 3.05) is 17.6 Å². The van der Waals surface area contributed by atoms with Crippen molar-refractivity contribution < 1.29 is 13.7 Å². The summed E-state index contributed by atoms with van der Waals surface area (Å²) in [6.07, 6.45) is 3.09. The lowest BCUT2D eigenvalue weighted by Crippen LogP contribution is -2.22. The molecule has 3 N–H and O–H groups in total. The standard InChI is InChI=1S/C20H22N8O2/c1-11-13(18-22-10-23-28(18)3)5-4-6-14(11)24-15-9-16(25-19(29)12-7-8-12)26-27-17(15)20(30)21-2/h4-6,9-10,12H,7-8H2,1-3H3,(H,21,30)(H2,24,25,26,29)/i2D3. The van der Waals surface area contributed by atoms with Crippen LogP contribution in [0.5, 0.6) is 0 Å². The van der Waals surface area contributed by atoms with Crippen LogP contribution in [-0.2, 0) is 11.8 Å². The molecule has 3 aromatic rings. The van der Waals surface area contributed by atoms with Crippen LogP contribution in [0.25, 0.3) is 11.4 Å². The van der Waals surface area contributed by atoms with Crippen LogP contribution in [0.2, 0.25) is 0 Å². The minimum Gasteiger partial charge on any atom is -0.354 e. The summed E-state index contributed by atoms with van der Waals surface area (Å²) in [4.78, 5) is 29.0. The molecule has 0 atom stereocenters. The first kappa shape index (κ1) is 16.0. The highest BCUT2D eigenvalue weighted by molar-refractivity contribution is 5.99. The van der Waals surface area contributed by atoms with Crippen LogP contribution in [0.15, 0.2) is 30.6 Å². The monoisotopic (exact) mass is 409 g/mol. The van der Waals surface area contributed by atoms with Gasteiger partial charge in [-0.15, -0.1) is 10.2 Å². The van der Waals surface area contributed by atoms with Gasteiger partial charge in [-0.25, -0.2) is 9.67 Å². The van der Waals surface area contributed by atoms with Gasteiger partial charge in [-0.3, -0.25) is 9.59 Å². The Balaban J connectivity index is 1.70. The minimum atomic E-state index is -2.70. The molecule has 0 aliphatic heterocycles. The maximum absolute atomic E-state index is 12.6. The van der Waals surface area contributed by atoms with Gasteiger partial charge in [0.2, 0.25) is 5.91 Å². The molecule has 1 aromatic carbocycles.